The Morgan fingerprint density at radius 1 is 1.17 bits per heavy atom. The molecule has 23 heavy (non-hydrogen) atoms. The van der Waals surface area contributed by atoms with Gasteiger partial charge >= 0.3 is 0 Å². The smallest absolute Gasteiger partial charge is 0.251 e. The lowest BCUT2D eigenvalue weighted by molar-refractivity contribution is -0.123. The number of hydrogen-bond acceptors (Lipinski definition) is 3. The topological polar surface area (TPSA) is 78.4 Å². The second-order valence-corrected chi connectivity index (χ2v) is 6.63. The van der Waals surface area contributed by atoms with Crippen molar-refractivity contribution in [2.24, 2.45) is 11.8 Å². The van der Waals surface area contributed by atoms with E-state index in [1.165, 1.54) is 0 Å². The summed E-state index contributed by atoms with van der Waals surface area (Å²) in [4.78, 5) is 24.6. The molecular formula is C17H25ClN2O3. The average molecular weight is 341 g/mol. The highest BCUT2D eigenvalue weighted by Gasteiger charge is 2.22. The van der Waals surface area contributed by atoms with Crippen LogP contribution in [0.5, 0.6) is 0 Å². The number of aliphatic hydroxyl groups excluding tert-OH is 1. The first kappa shape index (κ1) is 19.5. The molecule has 2 atom stereocenters. The highest BCUT2D eigenvalue weighted by molar-refractivity contribution is 6.30. The molecule has 0 aromatic heterocycles. The van der Waals surface area contributed by atoms with Crippen LogP contribution in [0.1, 0.15) is 37.6 Å². The molecule has 0 fully saturated rings. The van der Waals surface area contributed by atoms with Gasteiger partial charge in [-0.05, 0) is 42.5 Å². The number of halogens is 1. The van der Waals surface area contributed by atoms with Gasteiger partial charge in [0.1, 0.15) is 6.04 Å². The van der Waals surface area contributed by atoms with Gasteiger partial charge in [0.05, 0.1) is 0 Å². The average Bonchev–Trinajstić information content (AvgIpc) is 2.51. The Hall–Kier alpha value is -1.59. The summed E-state index contributed by atoms with van der Waals surface area (Å²) in [7, 11) is 0. The van der Waals surface area contributed by atoms with Crippen molar-refractivity contribution in [3.63, 3.8) is 0 Å². The quantitative estimate of drug-likeness (QED) is 0.679. The van der Waals surface area contributed by atoms with Crippen molar-refractivity contribution in [3.8, 4) is 0 Å². The largest absolute Gasteiger partial charge is 0.396 e. The number of amides is 2. The Morgan fingerprint density at radius 3 is 2.30 bits per heavy atom. The van der Waals surface area contributed by atoms with Crippen LogP contribution in [0.15, 0.2) is 24.3 Å². The number of hydrogen-bond donors (Lipinski definition) is 3. The van der Waals surface area contributed by atoms with Gasteiger partial charge in [0, 0.05) is 23.7 Å². The lowest BCUT2D eigenvalue weighted by Crippen LogP contribution is -2.48. The number of nitrogens with one attached hydrogen (secondary N) is 2. The molecule has 6 heteroatoms. The summed E-state index contributed by atoms with van der Waals surface area (Å²) < 4.78 is 0. The van der Waals surface area contributed by atoms with E-state index in [-0.39, 0.29) is 30.3 Å². The van der Waals surface area contributed by atoms with Crippen molar-refractivity contribution in [1.82, 2.24) is 10.6 Å². The minimum absolute atomic E-state index is 0.00621. The van der Waals surface area contributed by atoms with Crippen molar-refractivity contribution in [2.45, 2.75) is 33.2 Å². The Kier molecular flexibility index (Phi) is 8.06. The van der Waals surface area contributed by atoms with Gasteiger partial charge in [0.15, 0.2) is 0 Å². The number of benzene rings is 1. The van der Waals surface area contributed by atoms with Crippen LogP contribution in [0.25, 0.3) is 0 Å². The van der Waals surface area contributed by atoms with Crippen LogP contribution in [-0.4, -0.2) is 36.1 Å². The maximum absolute atomic E-state index is 12.3. The lowest BCUT2D eigenvalue weighted by Gasteiger charge is -2.21. The van der Waals surface area contributed by atoms with Crippen molar-refractivity contribution in [2.75, 3.05) is 13.2 Å². The second kappa shape index (κ2) is 9.53. The van der Waals surface area contributed by atoms with E-state index in [1.54, 1.807) is 24.3 Å². The van der Waals surface area contributed by atoms with Crippen LogP contribution in [0, 0.1) is 11.8 Å². The molecule has 0 aliphatic rings. The van der Waals surface area contributed by atoms with E-state index in [0.29, 0.717) is 23.6 Å². The maximum Gasteiger partial charge on any atom is 0.251 e. The molecule has 0 bridgehead atoms. The van der Waals surface area contributed by atoms with E-state index in [9.17, 15) is 9.59 Å². The van der Waals surface area contributed by atoms with E-state index < -0.39 is 6.04 Å². The lowest BCUT2D eigenvalue weighted by atomic mass is 10.0. The molecular weight excluding hydrogens is 316 g/mol. The molecule has 3 N–H and O–H groups in total. The van der Waals surface area contributed by atoms with Gasteiger partial charge in [-0.15, -0.1) is 0 Å². The fourth-order valence-corrected chi connectivity index (χ4v) is 2.13. The van der Waals surface area contributed by atoms with Crippen molar-refractivity contribution in [1.29, 1.82) is 0 Å². The van der Waals surface area contributed by atoms with Gasteiger partial charge in [-0.2, -0.15) is 0 Å². The summed E-state index contributed by atoms with van der Waals surface area (Å²) in [5, 5.41) is 15.1. The van der Waals surface area contributed by atoms with Crippen molar-refractivity contribution >= 4 is 23.4 Å². The zero-order chi connectivity index (χ0) is 17.4. The number of rotatable bonds is 8. The summed E-state index contributed by atoms with van der Waals surface area (Å²) in [6.07, 6.45) is 0.540. The van der Waals surface area contributed by atoms with Crippen LogP contribution in [0.3, 0.4) is 0 Å². The predicted octanol–water partition coefficient (Wildman–Crippen LogP) is 2.23. The van der Waals surface area contributed by atoms with Crippen LogP contribution in [0.2, 0.25) is 5.02 Å². The summed E-state index contributed by atoms with van der Waals surface area (Å²) in [5.41, 5.74) is 0.458. The number of carbonyl (C=O) groups excluding carboxylic acids is 2. The van der Waals surface area contributed by atoms with Crippen LogP contribution in [-0.2, 0) is 4.79 Å². The molecule has 0 aliphatic carbocycles. The predicted molar refractivity (Wildman–Crippen MR) is 91.4 cm³/mol. The molecule has 2 unspecified atom stereocenters. The standard InChI is InChI=1S/C17H25ClN2O3/c1-11(2)8-15(17(23)19-9-12(3)10-21)20-16(22)13-4-6-14(18)7-5-13/h4-7,11-12,15,21H,8-10H2,1-3H3,(H,19,23)(H,20,22). The van der Waals surface area contributed by atoms with Crippen molar-refractivity contribution in [3.05, 3.63) is 34.9 Å². The first-order chi connectivity index (χ1) is 10.8. The first-order valence-electron chi connectivity index (χ1n) is 7.78. The Labute approximate surface area is 142 Å². The van der Waals surface area contributed by atoms with Gasteiger partial charge < -0.3 is 15.7 Å². The Bertz CT molecular complexity index is 517. The van der Waals surface area contributed by atoms with E-state index in [0.717, 1.165) is 0 Å². The normalized spacial score (nSPS) is 13.5. The maximum atomic E-state index is 12.3. The Morgan fingerprint density at radius 2 is 1.78 bits per heavy atom. The zero-order valence-electron chi connectivity index (χ0n) is 13.8. The summed E-state index contributed by atoms with van der Waals surface area (Å²) >= 11 is 5.81. The summed E-state index contributed by atoms with van der Waals surface area (Å²) in [6, 6.07) is 5.91. The monoisotopic (exact) mass is 340 g/mol. The molecule has 0 saturated carbocycles. The SMILES string of the molecule is CC(C)CC(NC(=O)c1ccc(Cl)cc1)C(=O)NCC(C)CO. The summed E-state index contributed by atoms with van der Waals surface area (Å²) in [6.45, 7) is 6.20. The van der Waals surface area contributed by atoms with Gasteiger partial charge in [-0.3, -0.25) is 9.59 Å². The fraction of sp³-hybridized carbons (Fsp3) is 0.529. The zero-order valence-corrected chi connectivity index (χ0v) is 14.6. The Balaban J connectivity index is 2.71. The molecule has 0 spiro atoms. The van der Waals surface area contributed by atoms with Gasteiger partial charge in [-0.1, -0.05) is 32.4 Å². The van der Waals surface area contributed by atoms with Gasteiger partial charge in [-0.25, -0.2) is 0 Å². The molecule has 0 radical (unpaired) electrons. The molecule has 5 nitrogen and oxygen atoms in total. The molecule has 128 valence electrons. The molecule has 1 aromatic carbocycles. The van der Waals surface area contributed by atoms with E-state index >= 15 is 0 Å². The fourth-order valence-electron chi connectivity index (χ4n) is 2.01. The first-order valence-corrected chi connectivity index (χ1v) is 8.16. The molecule has 2 amide bonds. The highest BCUT2D eigenvalue weighted by atomic mass is 35.5. The second-order valence-electron chi connectivity index (χ2n) is 6.20. The minimum atomic E-state index is -0.607. The van der Waals surface area contributed by atoms with E-state index in [1.807, 2.05) is 20.8 Å². The highest BCUT2D eigenvalue weighted by Crippen LogP contribution is 2.11. The van der Waals surface area contributed by atoms with Crippen LogP contribution >= 0.6 is 11.6 Å². The van der Waals surface area contributed by atoms with E-state index in [2.05, 4.69) is 10.6 Å². The number of carbonyl (C=O) groups is 2. The summed E-state index contributed by atoms with van der Waals surface area (Å²) in [5.74, 6) is -0.309. The number of aliphatic hydroxyl groups is 1. The molecule has 0 saturated heterocycles. The third-order valence-corrected chi connectivity index (χ3v) is 3.62. The minimum Gasteiger partial charge on any atom is -0.396 e. The van der Waals surface area contributed by atoms with Crippen LogP contribution in [0.4, 0.5) is 0 Å². The third kappa shape index (κ3) is 7.01. The molecule has 0 aliphatic heterocycles. The molecule has 1 aromatic rings. The van der Waals surface area contributed by atoms with E-state index in [4.69, 9.17) is 16.7 Å². The van der Waals surface area contributed by atoms with Crippen LogP contribution < -0.4 is 10.6 Å². The molecule has 0 heterocycles. The van der Waals surface area contributed by atoms with Gasteiger partial charge in [0.2, 0.25) is 5.91 Å². The van der Waals surface area contributed by atoms with Gasteiger partial charge in [0.25, 0.3) is 5.91 Å². The van der Waals surface area contributed by atoms with Crippen molar-refractivity contribution < 1.29 is 14.7 Å². The molecule has 1 rings (SSSR count). The third-order valence-electron chi connectivity index (χ3n) is 3.37.